The minimum Gasteiger partial charge on any atom is -0.379 e. The Morgan fingerprint density at radius 2 is 1.88 bits per heavy atom. The second kappa shape index (κ2) is 14.2. The van der Waals surface area contributed by atoms with Crippen molar-refractivity contribution in [3.05, 3.63) is 0 Å². The fraction of sp³-hybridized carbons (Fsp3) is 0.950. The molecule has 1 unspecified atom stereocenters. The molecule has 0 amide bonds. The Balaban J connectivity index is 1.50. The number of nitrogens with zero attached hydrogens (tertiary/aromatic N) is 1. The molecule has 1 heterocycles. The average Bonchev–Trinajstić information content (AvgIpc) is 3.03. The van der Waals surface area contributed by atoms with Crippen LogP contribution in [0.3, 0.4) is 0 Å². The molecule has 6 heteroatoms. The standard InChI is InChI=1S/C20H39N3O3/c1-2-21-20(22-12-8-14-24-17-19-11-7-15-25-19)23-13-16-26-18-9-5-3-4-6-10-18/h18-19H,2-17H2,1H3,(H2,21,22,23). The lowest BCUT2D eigenvalue weighted by atomic mass is 10.1. The van der Waals surface area contributed by atoms with E-state index in [2.05, 4.69) is 22.5 Å². The van der Waals surface area contributed by atoms with Crippen molar-refractivity contribution in [2.24, 2.45) is 4.99 Å². The van der Waals surface area contributed by atoms with Crippen LogP contribution in [0.2, 0.25) is 0 Å². The third-order valence-corrected chi connectivity index (χ3v) is 4.94. The highest BCUT2D eigenvalue weighted by Gasteiger charge is 2.15. The van der Waals surface area contributed by atoms with Gasteiger partial charge < -0.3 is 24.8 Å². The molecule has 26 heavy (non-hydrogen) atoms. The van der Waals surface area contributed by atoms with Crippen LogP contribution in [0.5, 0.6) is 0 Å². The van der Waals surface area contributed by atoms with E-state index in [1.807, 2.05) is 0 Å². The van der Waals surface area contributed by atoms with E-state index in [0.717, 1.165) is 64.9 Å². The lowest BCUT2D eigenvalue weighted by Gasteiger charge is -2.16. The van der Waals surface area contributed by atoms with Crippen LogP contribution in [0.15, 0.2) is 4.99 Å². The minimum atomic E-state index is 0.311. The Kier molecular flexibility index (Phi) is 11.7. The number of ether oxygens (including phenoxy) is 3. The highest BCUT2D eigenvalue weighted by atomic mass is 16.5. The molecule has 0 aromatic carbocycles. The van der Waals surface area contributed by atoms with Gasteiger partial charge in [-0.1, -0.05) is 25.7 Å². The molecule has 2 N–H and O–H groups in total. The van der Waals surface area contributed by atoms with Crippen molar-refractivity contribution in [1.29, 1.82) is 0 Å². The fourth-order valence-corrected chi connectivity index (χ4v) is 3.49. The van der Waals surface area contributed by atoms with Gasteiger partial charge in [0.1, 0.15) is 0 Å². The summed E-state index contributed by atoms with van der Waals surface area (Å²) in [5.74, 6) is 0.871. The summed E-state index contributed by atoms with van der Waals surface area (Å²) in [5, 5.41) is 6.65. The first-order valence-electron chi connectivity index (χ1n) is 10.7. The van der Waals surface area contributed by atoms with Gasteiger partial charge >= 0.3 is 0 Å². The largest absolute Gasteiger partial charge is 0.379 e. The van der Waals surface area contributed by atoms with E-state index in [1.165, 1.54) is 44.9 Å². The molecule has 0 aromatic rings. The lowest BCUT2D eigenvalue weighted by Crippen LogP contribution is -2.39. The zero-order valence-corrected chi connectivity index (χ0v) is 16.6. The number of nitrogens with one attached hydrogen (secondary N) is 2. The topological polar surface area (TPSA) is 64.1 Å². The van der Waals surface area contributed by atoms with Gasteiger partial charge in [0.15, 0.2) is 5.96 Å². The van der Waals surface area contributed by atoms with E-state index >= 15 is 0 Å². The van der Waals surface area contributed by atoms with Gasteiger partial charge in [-0.05, 0) is 39.0 Å². The van der Waals surface area contributed by atoms with Gasteiger partial charge in [0.05, 0.1) is 25.4 Å². The van der Waals surface area contributed by atoms with E-state index < -0.39 is 0 Å². The third-order valence-electron chi connectivity index (χ3n) is 4.94. The maximum absolute atomic E-state index is 6.02. The molecule has 2 aliphatic rings. The SMILES string of the molecule is CCNC(=NCCCOCC1CCCO1)NCCOC1CCCCCC1. The van der Waals surface area contributed by atoms with Crippen LogP contribution < -0.4 is 10.6 Å². The molecule has 1 aliphatic heterocycles. The van der Waals surface area contributed by atoms with Crippen LogP contribution in [0.25, 0.3) is 0 Å². The van der Waals surface area contributed by atoms with Gasteiger partial charge in [0, 0.05) is 32.8 Å². The molecule has 0 radical (unpaired) electrons. The molecule has 1 atom stereocenters. The molecule has 6 nitrogen and oxygen atoms in total. The van der Waals surface area contributed by atoms with E-state index in [-0.39, 0.29) is 0 Å². The van der Waals surface area contributed by atoms with Gasteiger partial charge in [0.2, 0.25) is 0 Å². The van der Waals surface area contributed by atoms with Crippen molar-refractivity contribution in [2.75, 3.05) is 46.1 Å². The number of rotatable bonds is 11. The van der Waals surface area contributed by atoms with E-state index in [0.29, 0.717) is 12.2 Å². The van der Waals surface area contributed by atoms with Gasteiger partial charge in [0.25, 0.3) is 0 Å². The number of hydrogen-bond acceptors (Lipinski definition) is 4. The van der Waals surface area contributed by atoms with Crippen LogP contribution in [0, 0.1) is 0 Å². The van der Waals surface area contributed by atoms with E-state index in [9.17, 15) is 0 Å². The first-order chi connectivity index (χ1) is 12.9. The Hall–Kier alpha value is -0.850. The molecule has 1 saturated heterocycles. The molecule has 1 aliphatic carbocycles. The highest BCUT2D eigenvalue weighted by molar-refractivity contribution is 5.79. The molecule has 0 bridgehead atoms. The molecule has 0 spiro atoms. The number of hydrogen-bond donors (Lipinski definition) is 2. The summed E-state index contributed by atoms with van der Waals surface area (Å²) in [4.78, 5) is 4.61. The molecule has 1 saturated carbocycles. The van der Waals surface area contributed by atoms with Crippen LogP contribution in [0.1, 0.15) is 64.7 Å². The monoisotopic (exact) mass is 369 g/mol. The maximum atomic E-state index is 6.02. The summed E-state index contributed by atoms with van der Waals surface area (Å²) < 4.78 is 17.3. The quantitative estimate of drug-likeness (QED) is 0.254. The molecular formula is C20H39N3O3. The van der Waals surface area contributed by atoms with Crippen LogP contribution in [-0.2, 0) is 14.2 Å². The molecule has 2 rings (SSSR count). The van der Waals surface area contributed by atoms with E-state index in [1.54, 1.807) is 0 Å². The molecule has 2 fully saturated rings. The first-order valence-corrected chi connectivity index (χ1v) is 10.7. The molecular weight excluding hydrogens is 330 g/mol. The normalized spacial score (nSPS) is 22.3. The Bertz CT molecular complexity index is 365. The summed E-state index contributed by atoms with van der Waals surface area (Å²) in [5.41, 5.74) is 0. The first kappa shape index (κ1) is 21.5. The maximum Gasteiger partial charge on any atom is 0.191 e. The fourth-order valence-electron chi connectivity index (χ4n) is 3.49. The van der Waals surface area contributed by atoms with Crippen LogP contribution in [-0.4, -0.2) is 64.2 Å². The van der Waals surface area contributed by atoms with E-state index in [4.69, 9.17) is 14.2 Å². The predicted octanol–water partition coefficient (Wildman–Crippen LogP) is 2.87. The van der Waals surface area contributed by atoms with Crippen molar-refractivity contribution in [3.63, 3.8) is 0 Å². The summed E-state index contributed by atoms with van der Waals surface area (Å²) in [6, 6.07) is 0. The predicted molar refractivity (Wildman–Crippen MR) is 106 cm³/mol. The average molecular weight is 370 g/mol. The molecule has 152 valence electrons. The van der Waals surface area contributed by atoms with Crippen molar-refractivity contribution in [1.82, 2.24) is 10.6 Å². The van der Waals surface area contributed by atoms with Crippen molar-refractivity contribution < 1.29 is 14.2 Å². The Morgan fingerprint density at radius 1 is 1.04 bits per heavy atom. The van der Waals surface area contributed by atoms with Crippen molar-refractivity contribution >= 4 is 5.96 Å². The zero-order chi connectivity index (χ0) is 18.3. The van der Waals surface area contributed by atoms with Gasteiger partial charge in [-0.2, -0.15) is 0 Å². The Labute approximate surface area is 159 Å². The highest BCUT2D eigenvalue weighted by Crippen LogP contribution is 2.19. The van der Waals surface area contributed by atoms with Crippen LogP contribution in [0.4, 0.5) is 0 Å². The van der Waals surface area contributed by atoms with Crippen LogP contribution >= 0.6 is 0 Å². The lowest BCUT2D eigenvalue weighted by molar-refractivity contribution is 0.0171. The number of aliphatic imine (C=N–C) groups is 1. The second-order valence-corrected chi connectivity index (χ2v) is 7.24. The smallest absolute Gasteiger partial charge is 0.191 e. The summed E-state index contributed by atoms with van der Waals surface area (Å²) in [6.45, 7) is 7.63. The van der Waals surface area contributed by atoms with Gasteiger partial charge in [-0.15, -0.1) is 0 Å². The summed E-state index contributed by atoms with van der Waals surface area (Å²) >= 11 is 0. The van der Waals surface area contributed by atoms with Gasteiger partial charge in [-0.25, -0.2) is 0 Å². The third kappa shape index (κ3) is 9.74. The van der Waals surface area contributed by atoms with Crippen molar-refractivity contribution in [2.45, 2.75) is 76.9 Å². The Morgan fingerprint density at radius 3 is 2.62 bits per heavy atom. The second-order valence-electron chi connectivity index (χ2n) is 7.24. The summed E-state index contributed by atoms with van der Waals surface area (Å²) in [6.07, 6.45) is 11.8. The minimum absolute atomic E-state index is 0.311. The van der Waals surface area contributed by atoms with Gasteiger partial charge in [-0.3, -0.25) is 4.99 Å². The zero-order valence-electron chi connectivity index (χ0n) is 16.6. The number of guanidine groups is 1. The molecule has 0 aromatic heterocycles. The van der Waals surface area contributed by atoms with Crippen molar-refractivity contribution in [3.8, 4) is 0 Å². The summed E-state index contributed by atoms with van der Waals surface area (Å²) in [7, 11) is 0.